The highest BCUT2D eigenvalue weighted by molar-refractivity contribution is 5.93. The van der Waals surface area contributed by atoms with Crippen molar-refractivity contribution in [3.8, 4) is 5.75 Å². The molecule has 0 fully saturated rings. The normalized spacial score (nSPS) is 10.5. The third kappa shape index (κ3) is 2.99. The maximum absolute atomic E-state index is 11.8. The van der Waals surface area contributed by atoms with Crippen LogP contribution in [0.3, 0.4) is 0 Å². The number of phenols is 1. The molecule has 2 N–H and O–H groups in total. The molecule has 3 nitrogen and oxygen atoms in total. The number of hydrogen-bond donors (Lipinski definition) is 2. The Bertz CT molecular complexity index is 370. The van der Waals surface area contributed by atoms with Crippen LogP contribution >= 0.6 is 0 Å². The number of anilines is 1. The van der Waals surface area contributed by atoms with E-state index in [1.54, 1.807) is 12.1 Å². The van der Waals surface area contributed by atoms with E-state index in [9.17, 15) is 9.90 Å². The van der Waals surface area contributed by atoms with Crippen molar-refractivity contribution in [2.45, 2.75) is 33.6 Å². The summed E-state index contributed by atoms with van der Waals surface area (Å²) in [4.78, 5) is 11.8. The van der Waals surface area contributed by atoms with E-state index >= 15 is 0 Å². The molecule has 0 heterocycles. The molecular weight excluding hydrogens is 202 g/mol. The van der Waals surface area contributed by atoms with Crippen molar-refractivity contribution in [1.82, 2.24) is 0 Å². The van der Waals surface area contributed by atoms with Crippen molar-refractivity contribution in [3.63, 3.8) is 0 Å². The largest absolute Gasteiger partial charge is 0.506 e. The molecule has 0 radical (unpaired) electrons. The van der Waals surface area contributed by atoms with Gasteiger partial charge in [0.05, 0.1) is 5.69 Å². The molecule has 1 rings (SSSR count). The van der Waals surface area contributed by atoms with Crippen LogP contribution in [0.2, 0.25) is 0 Å². The minimum atomic E-state index is -0.0223. The molecule has 0 aliphatic carbocycles. The van der Waals surface area contributed by atoms with E-state index in [-0.39, 0.29) is 17.6 Å². The minimum Gasteiger partial charge on any atom is -0.506 e. The maximum atomic E-state index is 11.8. The average Bonchev–Trinajstić information content (AvgIpc) is 2.25. The Balaban J connectivity index is 2.80. The van der Waals surface area contributed by atoms with E-state index in [4.69, 9.17) is 0 Å². The fraction of sp³-hybridized carbons (Fsp3) is 0.462. The van der Waals surface area contributed by atoms with Gasteiger partial charge in [0, 0.05) is 5.92 Å². The topological polar surface area (TPSA) is 49.3 Å². The molecule has 0 aliphatic heterocycles. The lowest BCUT2D eigenvalue weighted by molar-refractivity contribution is -0.120. The SMILES string of the molecule is CCC(CC)C(=O)Nc1cc(C)ccc1O. The van der Waals surface area contributed by atoms with Crippen LogP contribution in [-0.4, -0.2) is 11.0 Å². The summed E-state index contributed by atoms with van der Waals surface area (Å²) in [5.41, 5.74) is 1.51. The smallest absolute Gasteiger partial charge is 0.227 e. The lowest BCUT2D eigenvalue weighted by atomic mass is 10.0. The number of nitrogens with one attached hydrogen (secondary N) is 1. The summed E-state index contributed by atoms with van der Waals surface area (Å²) in [6.45, 7) is 5.90. The summed E-state index contributed by atoms with van der Waals surface area (Å²) < 4.78 is 0. The lowest BCUT2D eigenvalue weighted by Crippen LogP contribution is -2.21. The fourth-order valence-electron chi connectivity index (χ4n) is 1.64. The van der Waals surface area contributed by atoms with Crippen molar-refractivity contribution in [3.05, 3.63) is 23.8 Å². The Labute approximate surface area is 96.5 Å². The van der Waals surface area contributed by atoms with Gasteiger partial charge in [-0.15, -0.1) is 0 Å². The van der Waals surface area contributed by atoms with E-state index in [0.717, 1.165) is 18.4 Å². The molecular formula is C13H19NO2. The zero-order valence-corrected chi connectivity index (χ0v) is 10.1. The molecule has 3 heteroatoms. The van der Waals surface area contributed by atoms with Gasteiger partial charge in [-0.2, -0.15) is 0 Å². The summed E-state index contributed by atoms with van der Waals surface area (Å²) in [6.07, 6.45) is 1.63. The Kier molecular flexibility index (Phi) is 4.35. The Morgan fingerprint density at radius 2 is 2.00 bits per heavy atom. The molecule has 0 bridgehead atoms. The number of amides is 1. The zero-order chi connectivity index (χ0) is 12.1. The van der Waals surface area contributed by atoms with Crippen LogP contribution in [0.1, 0.15) is 32.3 Å². The van der Waals surface area contributed by atoms with Gasteiger partial charge < -0.3 is 10.4 Å². The summed E-state index contributed by atoms with van der Waals surface area (Å²) in [5, 5.41) is 12.4. The third-order valence-electron chi connectivity index (χ3n) is 2.77. The van der Waals surface area contributed by atoms with Gasteiger partial charge in [0.1, 0.15) is 5.75 Å². The van der Waals surface area contributed by atoms with Crippen LogP contribution in [0.15, 0.2) is 18.2 Å². The van der Waals surface area contributed by atoms with Gasteiger partial charge in [0.25, 0.3) is 0 Å². The molecule has 0 atom stereocenters. The molecule has 0 unspecified atom stereocenters. The lowest BCUT2D eigenvalue weighted by Gasteiger charge is -2.13. The number of hydrogen-bond acceptors (Lipinski definition) is 2. The number of carbonyl (C=O) groups excluding carboxylic acids is 1. The predicted molar refractivity (Wildman–Crippen MR) is 65.5 cm³/mol. The van der Waals surface area contributed by atoms with Crippen molar-refractivity contribution in [2.75, 3.05) is 5.32 Å². The first-order valence-corrected chi connectivity index (χ1v) is 5.69. The van der Waals surface area contributed by atoms with Crippen molar-refractivity contribution in [1.29, 1.82) is 0 Å². The molecule has 0 saturated heterocycles. The van der Waals surface area contributed by atoms with Crippen LogP contribution in [0.5, 0.6) is 5.75 Å². The number of aryl methyl sites for hydroxylation is 1. The molecule has 1 aromatic carbocycles. The molecule has 0 aromatic heterocycles. The second-order valence-electron chi connectivity index (χ2n) is 4.02. The first-order chi connectivity index (χ1) is 7.58. The highest BCUT2D eigenvalue weighted by atomic mass is 16.3. The van der Waals surface area contributed by atoms with Crippen LogP contribution in [0.4, 0.5) is 5.69 Å². The van der Waals surface area contributed by atoms with E-state index in [2.05, 4.69) is 5.32 Å². The summed E-state index contributed by atoms with van der Waals surface area (Å²) in [5.74, 6) is 0.107. The highest BCUT2D eigenvalue weighted by Crippen LogP contribution is 2.25. The first kappa shape index (κ1) is 12.6. The molecule has 0 spiro atoms. The van der Waals surface area contributed by atoms with Gasteiger partial charge >= 0.3 is 0 Å². The second kappa shape index (κ2) is 5.54. The monoisotopic (exact) mass is 221 g/mol. The first-order valence-electron chi connectivity index (χ1n) is 5.69. The fourth-order valence-corrected chi connectivity index (χ4v) is 1.64. The van der Waals surface area contributed by atoms with Crippen LogP contribution < -0.4 is 5.32 Å². The molecule has 1 aromatic rings. The van der Waals surface area contributed by atoms with Gasteiger partial charge in [0.2, 0.25) is 5.91 Å². The maximum Gasteiger partial charge on any atom is 0.227 e. The molecule has 88 valence electrons. The number of aromatic hydroxyl groups is 1. The quantitative estimate of drug-likeness (QED) is 0.768. The molecule has 16 heavy (non-hydrogen) atoms. The molecule has 1 amide bonds. The highest BCUT2D eigenvalue weighted by Gasteiger charge is 2.15. The molecule has 0 saturated carbocycles. The zero-order valence-electron chi connectivity index (χ0n) is 10.1. The number of rotatable bonds is 4. The van der Waals surface area contributed by atoms with Crippen molar-refractivity contribution >= 4 is 11.6 Å². The van der Waals surface area contributed by atoms with Gasteiger partial charge in [-0.3, -0.25) is 4.79 Å². The average molecular weight is 221 g/mol. The van der Waals surface area contributed by atoms with Crippen molar-refractivity contribution in [2.24, 2.45) is 5.92 Å². The second-order valence-corrected chi connectivity index (χ2v) is 4.02. The summed E-state index contributed by atoms with van der Waals surface area (Å²) in [7, 11) is 0. The van der Waals surface area contributed by atoms with Gasteiger partial charge in [-0.25, -0.2) is 0 Å². The van der Waals surface area contributed by atoms with E-state index in [1.807, 2.05) is 26.8 Å². The van der Waals surface area contributed by atoms with E-state index in [1.165, 1.54) is 0 Å². The Morgan fingerprint density at radius 3 is 2.56 bits per heavy atom. The van der Waals surface area contributed by atoms with E-state index < -0.39 is 0 Å². The standard InChI is InChI=1S/C13H19NO2/c1-4-10(5-2)13(16)14-11-8-9(3)6-7-12(11)15/h6-8,10,15H,4-5H2,1-3H3,(H,14,16). The van der Waals surface area contributed by atoms with Gasteiger partial charge in [0.15, 0.2) is 0 Å². The van der Waals surface area contributed by atoms with Crippen LogP contribution in [-0.2, 0) is 4.79 Å². The Morgan fingerprint density at radius 1 is 1.38 bits per heavy atom. The minimum absolute atomic E-state index is 0.0138. The summed E-state index contributed by atoms with van der Waals surface area (Å²) >= 11 is 0. The number of phenolic OH excluding ortho intramolecular Hbond substituents is 1. The molecule has 0 aliphatic rings. The van der Waals surface area contributed by atoms with Gasteiger partial charge in [-0.05, 0) is 37.5 Å². The van der Waals surface area contributed by atoms with E-state index in [0.29, 0.717) is 5.69 Å². The predicted octanol–water partition coefficient (Wildman–Crippen LogP) is 3.08. The van der Waals surface area contributed by atoms with Crippen molar-refractivity contribution < 1.29 is 9.90 Å². The Hall–Kier alpha value is -1.51. The third-order valence-corrected chi connectivity index (χ3v) is 2.77. The van der Waals surface area contributed by atoms with Gasteiger partial charge in [-0.1, -0.05) is 19.9 Å². The van der Waals surface area contributed by atoms with Crippen LogP contribution in [0.25, 0.3) is 0 Å². The number of carbonyl (C=O) groups is 1. The van der Waals surface area contributed by atoms with Crippen LogP contribution in [0, 0.1) is 12.8 Å². The number of benzene rings is 1. The summed E-state index contributed by atoms with van der Waals surface area (Å²) in [6, 6.07) is 5.18.